The van der Waals surface area contributed by atoms with Crippen molar-refractivity contribution in [3.05, 3.63) is 58.9 Å². The number of aromatic nitrogens is 1. The molecule has 0 aliphatic rings. The molecule has 3 rings (SSSR count). The smallest absolute Gasteiger partial charge is 0.247 e. The highest BCUT2D eigenvalue weighted by atomic mass is 32.2. The average Bonchev–Trinajstić information content (AvgIpc) is 3.03. The summed E-state index contributed by atoms with van der Waals surface area (Å²) < 4.78 is 53.3. The van der Waals surface area contributed by atoms with Gasteiger partial charge in [-0.15, -0.1) is 0 Å². The van der Waals surface area contributed by atoms with Gasteiger partial charge < -0.3 is 4.57 Å². The van der Waals surface area contributed by atoms with Crippen molar-refractivity contribution in [2.24, 2.45) is 12.1 Å². The van der Waals surface area contributed by atoms with Crippen LogP contribution in [0, 0.1) is 0 Å². The summed E-state index contributed by atoms with van der Waals surface area (Å²) in [4.78, 5) is 2.64. The van der Waals surface area contributed by atoms with Crippen LogP contribution in [0.15, 0.2) is 52.5 Å². The normalized spacial score (nSPS) is 13.3. The summed E-state index contributed by atoms with van der Waals surface area (Å²) >= 11 is 0. The zero-order chi connectivity index (χ0) is 37.2. The molecule has 1 heterocycles. The second-order valence-electron chi connectivity index (χ2n) is 16.3. The molecule has 3 aromatic rings. The Morgan fingerprint density at radius 1 is 0.660 bits per heavy atom. The number of hydrogen-bond acceptors (Lipinski definition) is 5. The predicted molar refractivity (Wildman–Crippen MR) is 212 cm³/mol. The second-order valence-corrected chi connectivity index (χ2v) is 20.2. The van der Waals surface area contributed by atoms with Crippen molar-refractivity contribution in [2.75, 3.05) is 12.0 Å². The molecular formula is C41H65N3O4S2. The van der Waals surface area contributed by atoms with Crippen LogP contribution in [0.25, 0.3) is 22.2 Å². The third-order valence-corrected chi connectivity index (χ3v) is 12.0. The number of unbranched alkanes of at least 4 members (excludes halogenated alkanes) is 13. The minimum absolute atomic E-state index is 0.00288. The Labute approximate surface area is 304 Å². The number of benzene rings is 2. The molecule has 0 bridgehead atoms. The lowest BCUT2D eigenvalue weighted by Gasteiger charge is -2.27. The number of nitrogens with zero attached hydrogens (tertiary/aromatic N) is 2. The van der Waals surface area contributed by atoms with Gasteiger partial charge in [0.1, 0.15) is 0 Å². The van der Waals surface area contributed by atoms with E-state index in [0.717, 1.165) is 36.0 Å². The number of nitrogens with one attached hydrogen (secondary N) is 1. The van der Waals surface area contributed by atoms with Crippen LogP contribution in [-0.4, -0.2) is 33.4 Å². The zero-order valence-corrected chi connectivity index (χ0v) is 34.1. The summed E-state index contributed by atoms with van der Waals surface area (Å²) in [6.07, 6.45) is 18.0. The SMILES string of the molecule is CCCCCCCCCCCCCCCCS(=O)(=O)NN=c1cc(-c2cc(C(C)(C)C)cc(C(C)(C)C)c2)n(C)c2ccc(S(C)(=O)=O)cc12. The molecule has 0 aliphatic heterocycles. The van der Waals surface area contributed by atoms with E-state index in [9.17, 15) is 16.8 Å². The summed E-state index contributed by atoms with van der Waals surface area (Å²) in [6, 6.07) is 13.4. The van der Waals surface area contributed by atoms with Crippen molar-refractivity contribution in [2.45, 2.75) is 154 Å². The quantitative estimate of drug-likeness (QED) is 0.0982. The number of rotatable bonds is 19. The van der Waals surface area contributed by atoms with Gasteiger partial charge in [-0.3, -0.25) is 0 Å². The lowest BCUT2D eigenvalue weighted by atomic mass is 9.79. The lowest BCUT2D eigenvalue weighted by molar-refractivity contribution is 0.536. The van der Waals surface area contributed by atoms with Crippen molar-refractivity contribution >= 4 is 30.8 Å². The number of sulfone groups is 1. The van der Waals surface area contributed by atoms with Gasteiger partial charge in [-0.1, -0.05) is 138 Å². The monoisotopic (exact) mass is 727 g/mol. The fourth-order valence-corrected chi connectivity index (χ4v) is 7.90. The van der Waals surface area contributed by atoms with Crippen LogP contribution in [0.4, 0.5) is 0 Å². The van der Waals surface area contributed by atoms with Crippen molar-refractivity contribution in [1.82, 2.24) is 9.40 Å². The van der Waals surface area contributed by atoms with Crippen molar-refractivity contribution in [3.8, 4) is 11.3 Å². The number of aryl methyl sites for hydroxylation is 1. The van der Waals surface area contributed by atoms with E-state index < -0.39 is 19.9 Å². The molecule has 0 fully saturated rings. The first kappa shape index (κ1) is 41.8. The van der Waals surface area contributed by atoms with E-state index >= 15 is 0 Å². The van der Waals surface area contributed by atoms with E-state index in [4.69, 9.17) is 0 Å². The first-order valence-corrected chi connectivity index (χ1v) is 22.4. The van der Waals surface area contributed by atoms with E-state index in [0.29, 0.717) is 17.2 Å². The summed E-state index contributed by atoms with van der Waals surface area (Å²) in [5.41, 5.74) is 4.79. The van der Waals surface area contributed by atoms with Crippen LogP contribution in [0.5, 0.6) is 0 Å². The van der Waals surface area contributed by atoms with Gasteiger partial charge in [0.15, 0.2) is 9.84 Å². The fraction of sp³-hybridized carbons (Fsp3) is 0.634. The molecule has 0 radical (unpaired) electrons. The van der Waals surface area contributed by atoms with Crippen LogP contribution in [0.1, 0.15) is 149 Å². The molecule has 0 saturated carbocycles. The van der Waals surface area contributed by atoms with Crippen LogP contribution < -0.4 is 10.2 Å². The van der Waals surface area contributed by atoms with Crippen LogP contribution in [0.2, 0.25) is 0 Å². The molecule has 280 valence electrons. The fourth-order valence-electron chi connectivity index (χ4n) is 6.34. The average molecular weight is 728 g/mol. The molecule has 1 N–H and O–H groups in total. The van der Waals surface area contributed by atoms with Crippen molar-refractivity contribution < 1.29 is 16.8 Å². The first-order chi connectivity index (χ1) is 23.3. The van der Waals surface area contributed by atoms with E-state index in [1.54, 1.807) is 18.2 Å². The van der Waals surface area contributed by atoms with Gasteiger partial charge in [-0.25, -0.2) is 21.7 Å². The number of pyridine rings is 1. The molecule has 0 aliphatic carbocycles. The van der Waals surface area contributed by atoms with Gasteiger partial charge in [0.05, 0.1) is 27.2 Å². The maximum atomic E-state index is 13.1. The zero-order valence-electron chi connectivity index (χ0n) is 32.5. The summed E-state index contributed by atoms with van der Waals surface area (Å²) in [5.74, 6) is -0.00288. The largest absolute Gasteiger partial charge is 0.344 e. The van der Waals surface area contributed by atoms with Crippen LogP contribution >= 0.6 is 0 Å². The van der Waals surface area contributed by atoms with Crippen LogP contribution in [-0.2, 0) is 37.7 Å². The van der Waals surface area contributed by atoms with Gasteiger partial charge in [-0.2, -0.15) is 5.10 Å². The van der Waals surface area contributed by atoms with E-state index in [-0.39, 0.29) is 21.5 Å². The van der Waals surface area contributed by atoms with Crippen LogP contribution in [0.3, 0.4) is 0 Å². The van der Waals surface area contributed by atoms with Gasteiger partial charge in [0.25, 0.3) is 0 Å². The molecule has 50 heavy (non-hydrogen) atoms. The van der Waals surface area contributed by atoms with E-state index in [1.165, 1.54) is 81.6 Å². The van der Waals surface area contributed by atoms with E-state index in [2.05, 4.69) is 76.6 Å². The minimum Gasteiger partial charge on any atom is -0.344 e. The molecule has 0 amide bonds. The Morgan fingerprint density at radius 2 is 1.14 bits per heavy atom. The molecule has 1 aromatic heterocycles. The number of sulfonamides is 1. The maximum absolute atomic E-state index is 13.1. The van der Waals surface area contributed by atoms with Crippen molar-refractivity contribution in [1.29, 1.82) is 0 Å². The maximum Gasteiger partial charge on any atom is 0.247 e. The molecule has 7 nitrogen and oxygen atoms in total. The predicted octanol–water partition coefficient (Wildman–Crippen LogP) is 10.1. The minimum atomic E-state index is -3.68. The lowest BCUT2D eigenvalue weighted by Crippen LogP contribution is -2.25. The Morgan fingerprint density at radius 3 is 1.60 bits per heavy atom. The molecular weight excluding hydrogens is 663 g/mol. The van der Waals surface area contributed by atoms with Gasteiger partial charge >= 0.3 is 0 Å². The van der Waals surface area contributed by atoms with Gasteiger partial charge in [0.2, 0.25) is 10.0 Å². The van der Waals surface area contributed by atoms with Gasteiger partial charge in [-0.05, 0) is 70.3 Å². The second kappa shape index (κ2) is 18.2. The summed E-state index contributed by atoms with van der Waals surface area (Å²) in [7, 11) is -5.23. The highest BCUT2D eigenvalue weighted by Gasteiger charge is 2.22. The molecule has 0 saturated heterocycles. The Balaban J connectivity index is 1.79. The molecule has 2 aromatic carbocycles. The third-order valence-electron chi connectivity index (χ3n) is 9.70. The molecule has 0 spiro atoms. The Kier molecular flexibility index (Phi) is 15.2. The number of fused-ring (bicyclic) bond motifs is 1. The highest BCUT2D eigenvalue weighted by molar-refractivity contribution is 7.90. The van der Waals surface area contributed by atoms with Crippen molar-refractivity contribution in [3.63, 3.8) is 0 Å². The van der Waals surface area contributed by atoms with Gasteiger partial charge in [0, 0.05) is 18.7 Å². The summed E-state index contributed by atoms with van der Waals surface area (Å²) in [6.45, 7) is 15.4. The number of hydrogen-bond donors (Lipinski definition) is 1. The van der Waals surface area contributed by atoms with E-state index in [1.807, 2.05) is 17.7 Å². The molecule has 0 atom stereocenters. The Hall–Kier alpha value is -2.65. The topological polar surface area (TPSA) is 97.6 Å². The highest BCUT2D eigenvalue weighted by Crippen LogP contribution is 2.34. The first-order valence-electron chi connectivity index (χ1n) is 18.9. The Bertz CT molecular complexity index is 1810. The molecule has 9 heteroatoms. The third kappa shape index (κ3) is 12.8. The summed E-state index contributed by atoms with van der Waals surface area (Å²) in [5, 5.41) is 5.37. The standard InChI is InChI=1S/C41H65N3O4S2/c1-10-11-12-13-14-15-16-17-18-19-20-21-22-23-26-50(47,48)43-42-37-31-39(44(8)38-25-24-35(30-36(37)38)49(9,45)46)32-27-33(40(2,3)4)29-34(28-32)41(5,6)7/h24-25,27-31,43H,10-23,26H2,1-9H3. The molecule has 0 unspecified atom stereocenters.